The van der Waals surface area contributed by atoms with Gasteiger partial charge in [-0.3, -0.25) is 0 Å². The quantitative estimate of drug-likeness (QED) is 0.160. The second kappa shape index (κ2) is 14.7. The summed E-state index contributed by atoms with van der Waals surface area (Å²) in [4.78, 5) is 4.77. The van der Waals surface area contributed by atoms with E-state index in [9.17, 15) is 0 Å². The van der Waals surface area contributed by atoms with Gasteiger partial charge in [-0.2, -0.15) is 0 Å². The molecule has 0 bridgehead atoms. The summed E-state index contributed by atoms with van der Waals surface area (Å²) in [5, 5.41) is 11.5. The molecule has 5 heteroatoms. The van der Waals surface area contributed by atoms with Gasteiger partial charge in [0.15, 0.2) is 0 Å². The molecule has 3 aromatic heterocycles. The maximum Gasteiger partial charge on any atom is 0.137 e. The number of furan rings is 2. The van der Waals surface area contributed by atoms with E-state index in [1.165, 1.54) is 21.5 Å². The zero-order valence-electron chi connectivity index (χ0n) is 36.2. The Balaban J connectivity index is 1.09. The summed E-state index contributed by atoms with van der Waals surface area (Å²) in [6.45, 7) is 0. The lowest BCUT2D eigenvalue weighted by Gasteiger charge is -2.27. The molecule has 5 nitrogen and oxygen atoms in total. The first kappa shape index (κ1) is 37.3. The molecule has 0 atom stereocenters. The molecule has 0 saturated carbocycles. The van der Waals surface area contributed by atoms with Gasteiger partial charge in [-0.15, -0.1) is 0 Å². The van der Waals surface area contributed by atoms with Gasteiger partial charge in [0.25, 0.3) is 0 Å². The van der Waals surface area contributed by atoms with Crippen LogP contribution in [0.25, 0.3) is 92.9 Å². The highest BCUT2D eigenvalue weighted by Gasteiger charge is 2.26. The molecular formula is C62H39N3O2. The van der Waals surface area contributed by atoms with Gasteiger partial charge in [-0.25, -0.2) is 0 Å². The fourth-order valence-electron chi connectivity index (χ4n) is 10.6. The highest BCUT2D eigenvalue weighted by Crippen LogP contribution is 2.50. The number of hydrogen-bond donors (Lipinski definition) is 0. The van der Waals surface area contributed by atoms with Crippen LogP contribution < -0.4 is 9.80 Å². The number of hydrogen-bond acceptors (Lipinski definition) is 4. The molecule has 14 rings (SSSR count). The van der Waals surface area contributed by atoms with E-state index in [1.54, 1.807) is 0 Å². The second-order valence-electron chi connectivity index (χ2n) is 17.2. The Bertz CT molecular complexity index is 3970. The van der Waals surface area contributed by atoms with Crippen molar-refractivity contribution in [3.8, 4) is 5.69 Å². The van der Waals surface area contributed by atoms with Crippen LogP contribution in [0.2, 0.25) is 0 Å². The van der Waals surface area contributed by atoms with Crippen molar-refractivity contribution in [3.63, 3.8) is 0 Å². The Kier molecular flexibility index (Phi) is 8.21. The van der Waals surface area contributed by atoms with Crippen LogP contribution in [0.1, 0.15) is 0 Å². The largest absolute Gasteiger partial charge is 0.456 e. The Morgan fingerprint density at radius 2 is 0.627 bits per heavy atom. The maximum atomic E-state index is 6.52. The lowest BCUT2D eigenvalue weighted by atomic mass is 9.96. The van der Waals surface area contributed by atoms with Gasteiger partial charge in [0, 0.05) is 83.7 Å². The van der Waals surface area contributed by atoms with E-state index in [1.807, 2.05) is 24.3 Å². The number of anilines is 6. The summed E-state index contributed by atoms with van der Waals surface area (Å²) in [6, 6.07) is 84.5. The average molecular weight is 858 g/mol. The van der Waals surface area contributed by atoms with E-state index < -0.39 is 0 Å². The molecule has 0 amide bonds. The minimum absolute atomic E-state index is 0.852. The SMILES string of the molecule is c1ccc(N(c2ccc3c(c2)oc2ccccc23)c2cc3c(c4ccccc24)c2c4ccccc4c(N(c4ccccc4)c4ccc5c(c4)oc4ccccc45)cc2n3-c2ccccc2)cc1. The number of para-hydroxylation sites is 5. The van der Waals surface area contributed by atoms with Crippen LogP contribution >= 0.6 is 0 Å². The minimum atomic E-state index is 0.852. The first-order valence-corrected chi connectivity index (χ1v) is 22.8. The Hall–Kier alpha value is -9.06. The molecule has 0 radical (unpaired) electrons. The maximum absolute atomic E-state index is 6.52. The van der Waals surface area contributed by atoms with Crippen molar-refractivity contribution in [1.82, 2.24) is 4.57 Å². The molecule has 314 valence electrons. The first-order chi connectivity index (χ1) is 33.2. The highest BCUT2D eigenvalue weighted by atomic mass is 16.3. The third kappa shape index (κ3) is 5.75. The van der Waals surface area contributed by atoms with Crippen molar-refractivity contribution in [2.45, 2.75) is 0 Å². The molecule has 0 unspecified atom stereocenters. The van der Waals surface area contributed by atoms with E-state index in [0.29, 0.717) is 0 Å². The van der Waals surface area contributed by atoms with Crippen LogP contribution in [0.3, 0.4) is 0 Å². The van der Waals surface area contributed by atoms with Gasteiger partial charge in [0.05, 0.1) is 22.4 Å². The Morgan fingerprint density at radius 3 is 1.07 bits per heavy atom. The van der Waals surface area contributed by atoms with Crippen LogP contribution in [-0.4, -0.2) is 4.57 Å². The fourth-order valence-corrected chi connectivity index (χ4v) is 10.6. The van der Waals surface area contributed by atoms with E-state index in [0.717, 1.165) is 105 Å². The summed E-state index contributed by atoms with van der Waals surface area (Å²) in [6.07, 6.45) is 0. The lowest BCUT2D eigenvalue weighted by molar-refractivity contribution is 0.668. The molecule has 0 aliphatic rings. The summed E-state index contributed by atoms with van der Waals surface area (Å²) in [7, 11) is 0. The predicted molar refractivity (Wildman–Crippen MR) is 280 cm³/mol. The number of fused-ring (bicyclic) bond motifs is 13. The molecule has 3 heterocycles. The zero-order valence-corrected chi connectivity index (χ0v) is 36.2. The summed E-state index contributed by atoms with van der Waals surface area (Å²) in [5.74, 6) is 0. The van der Waals surface area contributed by atoms with Gasteiger partial charge in [0.2, 0.25) is 0 Å². The average Bonchev–Trinajstić information content (AvgIpc) is 4.06. The number of nitrogens with zero attached hydrogens (tertiary/aromatic N) is 3. The number of rotatable bonds is 7. The third-order valence-corrected chi connectivity index (χ3v) is 13.5. The lowest BCUT2D eigenvalue weighted by Crippen LogP contribution is -2.11. The molecule has 0 aliphatic carbocycles. The van der Waals surface area contributed by atoms with Gasteiger partial charge in [0.1, 0.15) is 22.3 Å². The molecule has 0 spiro atoms. The predicted octanol–water partition coefficient (Wildman–Crippen LogP) is 17.8. The van der Waals surface area contributed by atoms with Crippen LogP contribution in [0.5, 0.6) is 0 Å². The van der Waals surface area contributed by atoms with Crippen molar-refractivity contribution in [3.05, 3.63) is 237 Å². The van der Waals surface area contributed by atoms with Crippen LogP contribution in [0, 0.1) is 0 Å². The molecular weight excluding hydrogens is 819 g/mol. The monoisotopic (exact) mass is 857 g/mol. The molecule has 11 aromatic carbocycles. The van der Waals surface area contributed by atoms with E-state index in [-0.39, 0.29) is 0 Å². The van der Waals surface area contributed by atoms with Crippen molar-refractivity contribution in [2.24, 2.45) is 0 Å². The standard InChI is InChI=1S/C62H39N3O2/c1-4-18-40(19-5-1)63(43-32-34-49-47-26-14-16-30-57(47)66-59(49)36-43)53-38-55-61(51-28-12-10-24-45(51)53)62-52-29-13-11-25-46(52)54(39-56(62)65(55)42-22-8-3-9-23-42)64(41-20-6-2-7-21-41)44-33-35-50-48-27-15-17-31-58(48)67-60(50)37-44/h1-39H. The summed E-state index contributed by atoms with van der Waals surface area (Å²) in [5.41, 5.74) is 13.0. The molecule has 0 saturated heterocycles. The molecule has 14 aromatic rings. The summed E-state index contributed by atoms with van der Waals surface area (Å²) >= 11 is 0. The Morgan fingerprint density at radius 1 is 0.269 bits per heavy atom. The zero-order chi connectivity index (χ0) is 44.0. The minimum Gasteiger partial charge on any atom is -0.456 e. The summed E-state index contributed by atoms with van der Waals surface area (Å²) < 4.78 is 15.5. The normalized spacial score (nSPS) is 11.9. The molecule has 0 N–H and O–H groups in total. The van der Waals surface area contributed by atoms with Gasteiger partial charge < -0.3 is 23.2 Å². The van der Waals surface area contributed by atoms with Gasteiger partial charge in [-0.1, -0.05) is 140 Å². The van der Waals surface area contributed by atoms with Crippen molar-refractivity contribution in [1.29, 1.82) is 0 Å². The van der Waals surface area contributed by atoms with Crippen molar-refractivity contribution in [2.75, 3.05) is 9.80 Å². The van der Waals surface area contributed by atoms with Crippen molar-refractivity contribution < 1.29 is 8.83 Å². The highest BCUT2D eigenvalue weighted by molar-refractivity contribution is 6.32. The van der Waals surface area contributed by atoms with E-state index in [4.69, 9.17) is 8.83 Å². The third-order valence-electron chi connectivity index (χ3n) is 13.5. The van der Waals surface area contributed by atoms with Gasteiger partial charge in [-0.05, 0) is 95.7 Å². The smallest absolute Gasteiger partial charge is 0.137 e. The molecule has 0 aliphatic heterocycles. The Labute approximate surface area is 385 Å². The van der Waals surface area contributed by atoms with Gasteiger partial charge >= 0.3 is 0 Å². The van der Waals surface area contributed by atoms with E-state index in [2.05, 4.69) is 227 Å². The van der Waals surface area contributed by atoms with E-state index >= 15 is 0 Å². The van der Waals surface area contributed by atoms with Crippen LogP contribution in [0.4, 0.5) is 34.1 Å². The van der Waals surface area contributed by atoms with Crippen molar-refractivity contribution >= 4 is 121 Å². The molecule has 67 heavy (non-hydrogen) atoms. The van der Waals surface area contributed by atoms with Crippen LogP contribution in [-0.2, 0) is 0 Å². The topological polar surface area (TPSA) is 37.7 Å². The van der Waals surface area contributed by atoms with Crippen LogP contribution in [0.15, 0.2) is 245 Å². The first-order valence-electron chi connectivity index (χ1n) is 22.8. The second-order valence-corrected chi connectivity index (χ2v) is 17.2. The number of aromatic nitrogens is 1. The number of benzene rings is 11. The fraction of sp³-hybridized carbons (Fsp3) is 0. The molecule has 0 fully saturated rings.